The van der Waals surface area contributed by atoms with Crippen molar-refractivity contribution in [1.29, 1.82) is 0 Å². The van der Waals surface area contributed by atoms with Gasteiger partial charge in [0.05, 0.1) is 7.11 Å². The van der Waals surface area contributed by atoms with Crippen molar-refractivity contribution in [2.75, 3.05) is 26.1 Å². The van der Waals surface area contributed by atoms with Crippen LogP contribution < -0.4 is 9.64 Å². The summed E-state index contributed by atoms with van der Waals surface area (Å²) < 4.78 is 6.07. The Morgan fingerprint density at radius 1 is 1.50 bits per heavy atom. The number of methoxy groups -OCH3 is 1. The lowest BCUT2D eigenvalue weighted by Crippen LogP contribution is -2.11. The SMILES string of the molecule is COc1cc(Br)cnc1N(C)C. The number of hydrogen-bond donors (Lipinski definition) is 0. The molecule has 0 radical (unpaired) electrons. The fraction of sp³-hybridized carbons (Fsp3) is 0.375. The van der Waals surface area contributed by atoms with Crippen LogP contribution in [0.5, 0.6) is 5.75 Å². The summed E-state index contributed by atoms with van der Waals surface area (Å²) in [6.07, 6.45) is 1.75. The van der Waals surface area contributed by atoms with Crippen LogP contribution in [0.1, 0.15) is 0 Å². The van der Waals surface area contributed by atoms with Crippen LogP contribution in [0.2, 0.25) is 0 Å². The van der Waals surface area contributed by atoms with Crippen LogP contribution in [-0.4, -0.2) is 26.2 Å². The summed E-state index contributed by atoms with van der Waals surface area (Å²) in [7, 11) is 5.49. The second kappa shape index (κ2) is 3.76. The minimum absolute atomic E-state index is 0.773. The molecule has 0 aromatic carbocycles. The Hall–Kier alpha value is -0.770. The zero-order valence-electron chi connectivity index (χ0n) is 7.34. The minimum Gasteiger partial charge on any atom is -0.493 e. The van der Waals surface area contributed by atoms with Crippen molar-refractivity contribution >= 4 is 21.7 Å². The van der Waals surface area contributed by atoms with E-state index in [0.717, 1.165) is 16.0 Å². The van der Waals surface area contributed by atoms with E-state index in [0.29, 0.717) is 0 Å². The van der Waals surface area contributed by atoms with E-state index in [-0.39, 0.29) is 0 Å². The fourth-order valence-electron chi connectivity index (χ4n) is 0.900. The Balaban J connectivity index is 3.11. The highest BCUT2D eigenvalue weighted by Crippen LogP contribution is 2.26. The molecule has 0 bridgehead atoms. The number of rotatable bonds is 2. The van der Waals surface area contributed by atoms with Gasteiger partial charge in [-0.2, -0.15) is 0 Å². The van der Waals surface area contributed by atoms with Gasteiger partial charge in [-0.25, -0.2) is 4.98 Å². The third-order valence-electron chi connectivity index (χ3n) is 1.44. The predicted molar refractivity (Wildman–Crippen MR) is 52.8 cm³/mol. The second-order valence-corrected chi connectivity index (χ2v) is 3.49. The molecule has 0 aliphatic rings. The van der Waals surface area contributed by atoms with Crippen molar-refractivity contribution in [3.8, 4) is 5.75 Å². The third kappa shape index (κ3) is 1.88. The number of aromatic nitrogens is 1. The van der Waals surface area contributed by atoms with Gasteiger partial charge in [0.2, 0.25) is 0 Å². The van der Waals surface area contributed by atoms with Gasteiger partial charge in [0, 0.05) is 24.8 Å². The van der Waals surface area contributed by atoms with Crippen LogP contribution in [0.25, 0.3) is 0 Å². The Bertz CT molecular complexity index is 276. The van der Waals surface area contributed by atoms with Gasteiger partial charge in [-0.05, 0) is 22.0 Å². The molecule has 0 atom stereocenters. The van der Waals surface area contributed by atoms with E-state index in [2.05, 4.69) is 20.9 Å². The monoisotopic (exact) mass is 230 g/mol. The summed E-state index contributed by atoms with van der Waals surface area (Å²) in [6.45, 7) is 0. The van der Waals surface area contributed by atoms with Crippen molar-refractivity contribution < 1.29 is 4.74 Å². The quantitative estimate of drug-likeness (QED) is 0.777. The zero-order valence-corrected chi connectivity index (χ0v) is 8.92. The molecular weight excluding hydrogens is 220 g/mol. The van der Waals surface area contributed by atoms with Gasteiger partial charge in [-0.3, -0.25) is 0 Å². The Morgan fingerprint density at radius 2 is 2.17 bits per heavy atom. The van der Waals surface area contributed by atoms with E-state index in [9.17, 15) is 0 Å². The molecular formula is C8H11BrN2O. The predicted octanol–water partition coefficient (Wildman–Crippen LogP) is 1.92. The van der Waals surface area contributed by atoms with Gasteiger partial charge in [-0.15, -0.1) is 0 Å². The summed E-state index contributed by atoms with van der Waals surface area (Å²) in [5.74, 6) is 1.61. The van der Waals surface area contributed by atoms with E-state index < -0.39 is 0 Å². The molecule has 0 amide bonds. The Kier molecular flexibility index (Phi) is 2.92. The maximum Gasteiger partial charge on any atom is 0.170 e. The van der Waals surface area contributed by atoms with E-state index in [1.807, 2.05) is 25.1 Å². The lowest BCUT2D eigenvalue weighted by molar-refractivity contribution is 0.413. The molecule has 0 unspecified atom stereocenters. The topological polar surface area (TPSA) is 25.4 Å². The van der Waals surface area contributed by atoms with E-state index >= 15 is 0 Å². The summed E-state index contributed by atoms with van der Waals surface area (Å²) in [6, 6.07) is 1.89. The highest BCUT2D eigenvalue weighted by Gasteiger charge is 2.05. The van der Waals surface area contributed by atoms with Crippen LogP contribution >= 0.6 is 15.9 Å². The van der Waals surface area contributed by atoms with Gasteiger partial charge in [0.1, 0.15) is 0 Å². The first-order valence-electron chi connectivity index (χ1n) is 3.52. The molecule has 1 aromatic heterocycles. The molecule has 0 saturated carbocycles. The number of hydrogen-bond acceptors (Lipinski definition) is 3. The first-order chi connectivity index (χ1) is 5.65. The van der Waals surface area contributed by atoms with Gasteiger partial charge in [-0.1, -0.05) is 0 Å². The molecule has 0 saturated heterocycles. The van der Waals surface area contributed by atoms with Crippen LogP contribution in [0.15, 0.2) is 16.7 Å². The van der Waals surface area contributed by atoms with Crippen LogP contribution in [0, 0.1) is 0 Å². The molecule has 0 aliphatic carbocycles. The minimum atomic E-state index is 0.773. The average molecular weight is 231 g/mol. The van der Waals surface area contributed by atoms with Crippen molar-refractivity contribution in [2.24, 2.45) is 0 Å². The van der Waals surface area contributed by atoms with E-state index in [4.69, 9.17) is 4.74 Å². The maximum atomic E-state index is 5.15. The highest BCUT2D eigenvalue weighted by molar-refractivity contribution is 9.10. The molecule has 0 aliphatic heterocycles. The normalized spacial score (nSPS) is 9.67. The standard InChI is InChI=1S/C8H11BrN2O/c1-11(2)8-7(12-3)4-6(9)5-10-8/h4-5H,1-3H3. The Labute approximate surface area is 80.5 Å². The van der Waals surface area contributed by atoms with Gasteiger partial charge in [0.15, 0.2) is 11.6 Å². The van der Waals surface area contributed by atoms with Gasteiger partial charge in [0.25, 0.3) is 0 Å². The number of ether oxygens (including phenoxy) is 1. The number of halogens is 1. The second-order valence-electron chi connectivity index (χ2n) is 2.57. The number of nitrogens with zero attached hydrogens (tertiary/aromatic N) is 2. The van der Waals surface area contributed by atoms with Crippen LogP contribution in [0.3, 0.4) is 0 Å². The summed E-state index contributed by atoms with van der Waals surface area (Å²) in [5.41, 5.74) is 0. The molecule has 0 spiro atoms. The lowest BCUT2D eigenvalue weighted by Gasteiger charge is -2.14. The lowest BCUT2D eigenvalue weighted by atomic mass is 10.4. The van der Waals surface area contributed by atoms with Gasteiger partial charge >= 0.3 is 0 Å². The average Bonchev–Trinajstić information content (AvgIpc) is 2.03. The van der Waals surface area contributed by atoms with E-state index in [1.165, 1.54) is 0 Å². The summed E-state index contributed by atoms with van der Waals surface area (Å²) >= 11 is 3.33. The smallest absolute Gasteiger partial charge is 0.170 e. The third-order valence-corrected chi connectivity index (χ3v) is 1.88. The van der Waals surface area contributed by atoms with Gasteiger partial charge < -0.3 is 9.64 Å². The first kappa shape index (κ1) is 9.32. The fourth-order valence-corrected chi connectivity index (χ4v) is 1.21. The summed E-state index contributed by atoms with van der Waals surface area (Å²) in [5, 5.41) is 0. The summed E-state index contributed by atoms with van der Waals surface area (Å²) in [4.78, 5) is 6.11. The molecule has 66 valence electrons. The molecule has 4 heteroatoms. The highest BCUT2D eigenvalue weighted by atomic mass is 79.9. The molecule has 1 rings (SSSR count). The molecule has 1 aromatic rings. The zero-order chi connectivity index (χ0) is 9.14. The molecule has 0 fully saturated rings. The van der Waals surface area contributed by atoms with Crippen molar-refractivity contribution in [3.63, 3.8) is 0 Å². The number of anilines is 1. The maximum absolute atomic E-state index is 5.15. The van der Waals surface area contributed by atoms with Crippen LogP contribution in [-0.2, 0) is 0 Å². The molecule has 12 heavy (non-hydrogen) atoms. The first-order valence-corrected chi connectivity index (χ1v) is 4.31. The van der Waals surface area contributed by atoms with Crippen LogP contribution in [0.4, 0.5) is 5.82 Å². The Morgan fingerprint density at radius 3 is 2.67 bits per heavy atom. The van der Waals surface area contributed by atoms with Crippen molar-refractivity contribution in [1.82, 2.24) is 4.98 Å². The van der Waals surface area contributed by atoms with Crippen molar-refractivity contribution in [3.05, 3.63) is 16.7 Å². The largest absolute Gasteiger partial charge is 0.493 e. The molecule has 1 heterocycles. The molecule has 3 nitrogen and oxygen atoms in total. The van der Waals surface area contributed by atoms with E-state index in [1.54, 1.807) is 13.3 Å². The van der Waals surface area contributed by atoms with Crippen molar-refractivity contribution in [2.45, 2.75) is 0 Å². The number of pyridine rings is 1. The molecule has 0 N–H and O–H groups in total.